The van der Waals surface area contributed by atoms with Crippen LogP contribution in [0.15, 0.2) is 34.5 Å². The molecule has 0 fully saturated rings. The summed E-state index contributed by atoms with van der Waals surface area (Å²) in [5.74, 6) is 0.831. The van der Waals surface area contributed by atoms with Crippen LogP contribution in [0.1, 0.15) is 35.8 Å². The summed E-state index contributed by atoms with van der Waals surface area (Å²) < 4.78 is 31.4. The summed E-state index contributed by atoms with van der Waals surface area (Å²) in [7, 11) is -2.08. The molecule has 6 nitrogen and oxygen atoms in total. The highest BCUT2D eigenvalue weighted by Gasteiger charge is 2.14. The Morgan fingerprint density at radius 2 is 1.96 bits per heavy atom. The van der Waals surface area contributed by atoms with E-state index in [1.807, 2.05) is 25.1 Å². The number of nitrogens with one attached hydrogen (secondary N) is 2. The quantitative estimate of drug-likeness (QED) is 0.719. The van der Waals surface area contributed by atoms with Crippen molar-refractivity contribution in [3.8, 4) is 5.75 Å². The Morgan fingerprint density at radius 1 is 1.23 bits per heavy atom. The zero-order valence-electron chi connectivity index (χ0n) is 15.3. The first kappa shape index (κ1) is 20.4. The lowest BCUT2D eigenvalue weighted by molar-refractivity contribution is -0.123. The van der Waals surface area contributed by atoms with E-state index in [0.717, 1.165) is 21.8 Å². The molecule has 0 saturated carbocycles. The van der Waals surface area contributed by atoms with Crippen LogP contribution in [0.3, 0.4) is 0 Å². The van der Waals surface area contributed by atoms with E-state index in [4.69, 9.17) is 4.74 Å². The number of ether oxygens (including phenoxy) is 1. The molecule has 142 valence electrons. The number of benzene rings is 1. The number of rotatable bonds is 8. The standard InChI is InChI=1S/C18H24N2O4S2/c1-12(2)16-7-5-14(9-13(16)3)24-11-17(21)20-10-15-6-8-18(25-15)26(22,23)19-4/h5-9,12,19H,10-11H2,1-4H3,(H,20,21). The summed E-state index contributed by atoms with van der Waals surface area (Å²) in [5, 5.41) is 2.73. The van der Waals surface area contributed by atoms with Crippen LogP contribution in [0, 0.1) is 6.92 Å². The first-order chi connectivity index (χ1) is 12.2. The number of hydrogen-bond donors (Lipinski definition) is 2. The smallest absolute Gasteiger partial charge is 0.258 e. The molecule has 2 rings (SSSR count). The first-order valence-electron chi connectivity index (χ1n) is 8.25. The normalized spacial score (nSPS) is 11.6. The number of carbonyl (C=O) groups excluding carboxylic acids is 1. The van der Waals surface area contributed by atoms with E-state index < -0.39 is 10.0 Å². The molecule has 0 atom stereocenters. The fourth-order valence-electron chi connectivity index (χ4n) is 2.47. The average Bonchev–Trinajstić information content (AvgIpc) is 3.07. The van der Waals surface area contributed by atoms with E-state index in [2.05, 4.69) is 23.9 Å². The van der Waals surface area contributed by atoms with Crippen LogP contribution in [0.5, 0.6) is 5.75 Å². The van der Waals surface area contributed by atoms with Crippen LogP contribution in [0.25, 0.3) is 0 Å². The molecule has 8 heteroatoms. The third-order valence-corrected chi connectivity index (χ3v) is 6.85. The molecule has 1 amide bonds. The highest BCUT2D eigenvalue weighted by atomic mass is 32.2. The Bertz CT molecular complexity index is 873. The summed E-state index contributed by atoms with van der Waals surface area (Å²) in [6, 6.07) is 9.01. The van der Waals surface area contributed by atoms with Crippen LogP contribution in [0.2, 0.25) is 0 Å². The lowest BCUT2D eigenvalue weighted by Crippen LogP contribution is -2.28. The van der Waals surface area contributed by atoms with Crippen LogP contribution >= 0.6 is 11.3 Å². The zero-order chi connectivity index (χ0) is 19.3. The lowest BCUT2D eigenvalue weighted by atomic mass is 9.98. The van der Waals surface area contributed by atoms with Crippen LogP contribution in [-0.2, 0) is 21.4 Å². The van der Waals surface area contributed by atoms with Gasteiger partial charge in [-0.3, -0.25) is 4.79 Å². The van der Waals surface area contributed by atoms with Gasteiger partial charge < -0.3 is 10.1 Å². The number of carbonyl (C=O) groups is 1. The van der Waals surface area contributed by atoms with Crippen molar-refractivity contribution >= 4 is 27.3 Å². The van der Waals surface area contributed by atoms with Gasteiger partial charge in [0, 0.05) is 4.88 Å². The summed E-state index contributed by atoms with van der Waals surface area (Å²) in [5.41, 5.74) is 2.39. The lowest BCUT2D eigenvalue weighted by Gasteiger charge is -2.12. The second-order valence-electron chi connectivity index (χ2n) is 6.17. The Morgan fingerprint density at radius 3 is 2.58 bits per heavy atom. The van der Waals surface area contributed by atoms with E-state index in [1.165, 1.54) is 18.7 Å². The molecule has 0 aliphatic carbocycles. The molecule has 0 aliphatic rings. The average molecular weight is 397 g/mol. The van der Waals surface area contributed by atoms with Gasteiger partial charge in [-0.1, -0.05) is 19.9 Å². The largest absolute Gasteiger partial charge is 0.484 e. The molecule has 0 bridgehead atoms. The number of amides is 1. The van der Waals surface area contributed by atoms with E-state index in [0.29, 0.717) is 11.7 Å². The van der Waals surface area contributed by atoms with Crippen LogP contribution in [-0.4, -0.2) is 28.0 Å². The molecular formula is C18H24N2O4S2. The number of aryl methyl sites for hydroxylation is 1. The summed E-state index contributed by atoms with van der Waals surface area (Å²) >= 11 is 1.12. The van der Waals surface area contributed by atoms with Gasteiger partial charge in [-0.25, -0.2) is 13.1 Å². The van der Waals surface area contributed by atoms with Crippen molar-refractivity contribution in [1.29, 1.82) is 0 Å². The maximum atomic E-state index is 11.9. The molecule has 0 spiro atoms. The second kappa shape index (κ2) is 8.66. The number of sulfonamides is 1. The van der Waals surface area contributed by atoms with E-state index in [9.17, 15) is 13.2 Å². The van der Waals surface area contributed by atoms with Gasteiger partial charge in [-0.2, -0.15) is 0 Å². The molecule has 0 saturated heterocycles. The second-order valence-corrected chi connectivity index (χ2v) is 9.45. The Hall–Kier alpha value is -1.90. The highest BCUT2D eigenvalue weighted by molar-refractivity contribution is 7.91. The Kier molecular flexibility index (Phi) is 6.80. The molecule has 1 aromatic carbocycles. The van der Waals surface area contributed by atoms with Gasteiger partial charge in [0.1, 0.15) is 9.96 Å². The van der Waals surface area contributed by atoms with E-state index in [1.54, 1.807) is 6.07 Å². The maximum absolute atomic E-state index is 11.9. The summed E-state index contributed by atoms with van der Waals surface area (Å²) in [4.78, 5) is 12.7. The topological polar surface area (TPSA) is 84.5 Å². The van der Waals surface area contributed by atoms with Gasteiger partial charge in [0.15, 0.2) is 6.61 Å². The SMILES string of the molecule is CNS(=O)(=O)c1ccc(CNC(=O)COc2ccc(C(C)C)c(C)c2)s1. The molecule has 0 radical (unpaired) electrons. The van der Waals surface area contributed by atoms with Crippen molar-refractivity contribution in [3.63, 3.8) is 0 Å². The Balaban J connectivity index is 1.85. The van der Waals surface area contributed by atoms with Crippen LogP contribution < -0.4 is 14.8 Å². The third kappa shape index (κ3) is 5.30. The third-order valence-electron chi connectivity index (χ3n) is 3.86. The number of hydrogen-bond acceptors (Lipinski definition) is 5. The molecular weight excluding hydrogens is 372 g/mol. The van der Waals surface area contributed by atoms with Gasteiger partial charge in [0.2, 0.25) is 10.0 Å². The molecule has 1 aromatic heterocycles. The molecule has 26 heavy (non-hydrogen) atoms. The van der Waals surface area contributed by atoms with Crippen molar-refractivity contribution in [1.82, 2.24) is 10.0 Å². The van der Waals surface area contributed by atoms with E-state index in [-0.39, 0.29) is 23.3 Å². The van der Waals surface area contributed by atoms with E-state index >= 15 is 0 Å². The minimum absolute atomic E-state index is 0.0898. The predicted molar refractivity (Wildman–Crippen MR) is 103 cm³/mol. The van der Waals surface area contributed by atoms with Gasteiger partial charge >= 0.3 is 0 Å². The monoisotopic (exact) mass is 396 g/mol. The van der Waals surface area contributed by atoms with Gasteiger partial charge in [-0.15, -0.1) is 11.3 Å². The van der Waals surface area contributed by atoms with Gasteiger partial charge in [0.25, 0.3) is 5.91 Å². The highest BCUT2D eigenvalue weighted by Crippen LogP contribution is 2.23. The van der Waals surface area contributed by atoms with Crippen molar-refractivity contribution in [2.45, 2.75) is 37.4 Å². The molecule has 0 aliphatic heterocycles. The molecule has 2 aromatic rings. The van der Waals surface area contributed by atoms with Gasteiger partial charge in [-0.05, 0) is 55.3 Å². The molecule has 2 N–H and O–H groups in total. The zero-order valence-corrected chi connectivity index (χ0v) is 17.0. The molecule has 1 heterocycles. The fraction of sp³-hybridized carbons (Fsp3) is 0.389. The van der Waals surface area contributed by atoms with Crippen molar-refractivity contribution < 1.29 is 17.9 Å². The maximum Gasteiger partial charge on any atom is 0.258 e. The van der Waals surface area contributed by atoms with Crippen LogP contribution in [0.4, 0.5) is 0 Å². The number of thiophene rings is 1. The Labute approximate surface area is 158 Å². The summed E-state index contributed by atoms with van der Waals surface area (Å²) in [6.07, 6.45) is 0. The fourth-order valence-corrected chi connectivity index (χ4v) is 4.60. The van der Waals surface area contributed by atoms with Crippen molar-refractivity contribution in [2.75, 3.05) is 13.7 Å². The minimum Gasteiger partial charge on any atom is -0.484 e. The minimum atomic E-state index is -3.44. The van der Waals surface area contributed by atoms with Crippen molar-refractivity contribution in [2.24, 2.45) is 0 Å². The molecule has 0 unspecified atom stereocenters. The first-order valence-corrected chi connectivity index (χ1v) is 10.5. The van der Waals surface area contributed by atoms with Crippen molar-refractivity contribution in [3.05, 3.63) is 46.3 Å². The predicted octanol–water partition coefficient (Wildman–Crippen LogP) is 2.78. The summed E-state index contributed by atoms with van der Waals surface area (Å²) in [6.45, 7) is 6.46. The van der Waals surface area contributed by atoms with Gasteiger partial charge in [0.05, 0.1) is 6.54 Å².